The van der Waals surface area contributed by atoms with Gasteiger partial charge in [0, 0.05) is 11.1 Å². The number of para-hydroxylation sites is 1. The van der Waals surface area contributed by atoms with E-state index in [4.69, 9.17) is 11.6 Å². The molecular weight excluding hydrogens is 363 g/mol. The molecule has 1 heterocycles. The van der Waals surface area contributed by atoms with Crippen molar-refractivity contribution < 1.29 is 21.6 Å². The maximum Gasteiger partial charge on any atom is 0.417 e. The summed E-state index contributed by atoms with van der Waals surface area (Å²) < 4.78 is 66.9. The minimum atomic E-state index is -4.82. The molecule has 0 unspecified atom stereocenters. The summed E-state index contributed by atoms with van der Waals surface area (Å²) in [5.74, 6) is 0. The molecule has 0 bridgehead atoms. The number of nitrogens with zero attached hydrogens (tertiary/aromatic N) is 1. The second kappa shape index (κ2) is 5.67. The highest BCUT2D eigenvalue weighted by molar-refractivity contribution is 7.93. The zero-order chi connectivity index (χ0) is 17.7. The van der Waals surface area contributed by atoms with Crippen molar-refractivity contribution in [1.29, 1.82) is 0 Å². The third-order valence-electron chi connectivity index (χ3n) is 3.93. The van der Waals surface area contributed by atoms with E-state index in [1.807, 2.05) is 0 Å². The standard InChI is InChI=1S/C16H13ClF3NO2S/c1-10-8-11-4-2-3-5-14(11)21(10)24(22,23)15-7-6-12(17)9-13(15)16(18,19)20/h2-7,9-10H,8H2,1H3/t10-/m0/s1. The van der Waals surface area contributed by atoms with Gasteiger partial charge in [0.1, 0.15) is 0 Å². The monoisotopic (exact) mass is 375 g/mol. The molecule has 0 radical (unpaired) electrons. The van der Waals surface area contributed by atoms with Crippen LogP contribution in [-0.4, -0.2) is 14.5 Å². The van der Waals surface area contributed by atoms with Crippen molar-refractivity contribution in [3.8, 4) is 0 Å². The first kappa shape index (κ1) is 17.1. The molecule has 24 heavy (non-hydrogen) atoms. The van der Waals surface area contributed by atoms with Gasteiger partial charge >= 0.3 is 6.18 Å². The Morgan fingerprint density at radius 1 is 1.17 bits per heavy atom. The van der Waals surface area contributed by atoms with E-state index >= 15 is 0 Å². The van der Waals surface area contributed by atoms with Crippen LogP contribution in [0.15, 0.2) is 47.4 Å². The van der Waals surface area contributed by atoms with Crippen molar-refractivity contribution in [2.24, 2.45) is 0 Å². The lowest BCUT2D eigenvalue weighted by molar-refractivity contribution is -0.139. The smallest absolute Gasteiger partial charge is 0.263 e. The molecule has 2 aromatic rings. The molecule has 3 nitrogen and oxygen atoms in total. The Morgan fingerprint density at radius 2 is 1.83 bits per heavy atom. The van der Waals surface area contributed by atoms with Gasteiger partial charge < -0.3 is 0 Å². The third kappa shape index (κ3) is 2.75. The summed E-state index contributed by atoms with van der Waals surface area (Å²) in [4.78, 5) is -0.789. The highest BCUT2D eigenvalue weighted by atomic mass is 35.5. The van der Waals surface area contributed by atoms with Crippen LogP contribution in [0.2, 0.25) is 5.02 Å². The highest BCUT2D eigenvalue weighted by Crippen LogP contribution is 2.41. The average molecular weight is 376 g/mol. The van der Waals surface area contributed by atoms with Gasteiger partial charge in [-0.3, -0.25) is 4.31 Å². The molecule has 0 aromatic heterocycles. The van der Waals surface area contributed by atoms with Gasteiger partial charge in [0.05, 0.1) is 16.1 Å². The average Bonchev–Trinajstić information content (AvgIpc) is 2.82. The Kier molecular flexibility index (Phi) is 4.04. The lowest BCUT2D eigenvalue weighted by Crippen LogP contribution is -2.36. The number of anilines is 1. The zero-order valence-electron chi connectivity index (χ0n) is 12.5. The van der Waals surface area contributed by atoms with Crippen LogP contribution in [0.1, 0.15) is 18.1 Å². The van der Waals surface area contributed by atoms with E-state index in [1.165, 1.54) is 0 Å². The maximum absolute atomic E-state index is 13.3. The summed E-state index contributed by atoms with van der Waals surface area (Å²) in [6, 6.07) is 9.03. The Balaban J connectivity index is 2.20. The number of hydrogen-bond donors (Lipinski definition) is 0. The molecule has 0 N–H and O–H groups in total. The van der Waals surface area contributed by atoms with Crippen LogP contribution in [-0.2, 0) is 22.6 Å². The van der Waals surface area contributed by atoms with Crippen molar-refractivity contribution in [3.05, 3.63) is 58.6 Å². The molecule has 0 spiro atoms. The number of benzene rings is 2. The first-order valence-electron chi connectivity index (χ1n) is 7.11. The zero-order valence-corrected chi connectivity index (χ0v) is 14.1. The summed E-state index contributed by atoms with van der Waals surface area (Å²) in [7, 11) is -4.38. The van der Waals surface area contributed by atoms with Gasteiger partial charge in [-0.25, -0.2) is 8.42 Å². The van der Waals surface area contributed by atoms with E-state index in [9.17, 15) is 21.6 Å². The predicted molar refractivity (Wildman–Crippen MR) is 85.7 cm³/mol. The molecule has 0 saturated carbocycles. The molecule has 8 heteroatoms. The molecule has 1 atom stereocenters. The molecule has 0 saturated heterocycles. The fraction of sp³-hybridized carbons (Fsp3) is 0.250. The largest absolute Gasteiger partial charge is 0.417 e. The first-order chi connectivity index (χ1) is 11.1. The van der Waals surface area contributed by atoms with Crippen molar-refractivity contribution in [2.45, 2.75) is 30.5 Å². The Labute approximate surface area is 142 Å². The fourth-order valence-electron chi connectivity index (χ4n) is 2.96. The number of rotatable bonds is 2. The molecular formula is C16H13ClF3NO2S. The summed E-state index contributed by atoms with van der Waals surface area (Å²) in [6.45, 7) is 1.67. The van der Waals surface area contributed by atoms with E-state index in [1.54, 1.807) is 31.2 Å². The first-order valence-corrected chi connectivity index (χ1v) is 8.93. The van der Waals surface area contributed by atoms with Crippen LogP contribution < -0.4 is 4.31 Å². The van der Waals surface area contributed by atoms with Crippen LogP contribution in [0.25, 0.3) is 0 Å². The Bertz CT molecular complexity index is 896. The molecule has 0 amide bonds. The quantitative estimate of drug-likeness (QED) is 0.775. The van der Waals surface area contributed by atoms with Gasteiger partial charge in [-0.15, -0.1) is 0 Å². The van der Waals surface area contributed by atoms with E-state index in [0.717, 1.165) is 22.0 Å². The van der Waals surface area contributed by atoms with Gasteiger partial charge in [-0.2, -0.15) is 13.2 Å². The van der Waals surface area contributed by atoms with E-state index in [0.29, 0.717) is 18.2 Å². The lowest BCUT2D eigenvalue weighted by Gasteiger charge is -2.26. The minimum Gasteiger partial charge on any atom is -0.263 e. The number of alkyl halides is 3. The fourth-order valence-corrected chi connectivity index (χ4v) is 5.02. The topological polar surface area (TPSA) is 37.4 Å². The van der Waals surface area contributed by atoms with Crippen molar-refractivity contribution >= 4 is 27.3 Å². The molecule has 1 aliphatic heterocycles. The number of fused-ring (bicyclic) bond motifs is 1. The van der Waals surface area contributed by atoms with Crippen LogP contribution >= 0.6 is 11.6 Å². The van der Waals surface area contributed by atoms with Crippen LogP contribution in [0.5, 0.6) is 0 Å². The van der Waals surface area contributed by atoms with E-state index < -0.39 is 32.7 Å². The van der Waals surface area contributed by atoms with Gasteiger partial charge in [-0.05, 0) is 43.2 Å². The van der Waals surface area contributed by atoms with Crippen molar-refractivity contribution in [1.82, 2.24) is 0 Å². The second-order valence-corrected chi connectivity index (χ2v) is 7.84. The van der Waals surface area contributed by atoms with E-state index in [2.05, 4.69) is 0 Å². The van der Waals surface area contributed by atoms with Crippen molar-refractivity contribution in [2.75, 3.05) is 4.31 Å². The Morgan fingerprint density at radius 3 is 2.50 bits per heavy atom. The van der Waals surface area contributed by atoms with E-state index in [-0.39, 0.29) is 5.02 Å². The molecule has 0 aliphatic carbocycles. The molecule has 128 valence electrons. The van der Waals surface area contributed by atoms with Crippen LogP contribution in [0.3, 0.4) is 0 Å². The van der Waals surface area contributed by atoms with Crippen LogP contribution in [0, 0.1) is 0 Å². The van der Waals surface area contributed by atoms with Crippen molar-refractivity contribution in [3.63, 3.8) is 0 Å². The SMILES string of the molecule is C[C@H]1Cc2ccccc2N1S(=O)(=O)c1ccc(Cl)cc1C(F)(F)F. The number of hydrogen-bond acceptors (Lipinski definition) is 2. The highest BCUT2D eigenvalue weighted by Gasteiger charge is 2.42. The Hall–Kier alpha value is -1.73. The molecule has 0 fully saturated rings. The number of halogens is 4. The second-order valence-electron chi connectivity index (χ2n) is 5.62. The third-order valence-corrected chi connectivity index (χ3v) is 6.15. The summed E-state index contributed by atoms with van der Waals surface area (Å²) in [5.41, 5.74) is -0.0595. The summed E-state index contributed by atoms with van der Waals surface area (Å²) >= 11 is 5.63. The number of sulfonamides is 1. The normalized spacial score (nSPS) is 17.9. The van der Waals surface area contributed by atoms with Gasteiger partial charge in [-0.1, -0.05) is 29.8 Å². The van der Waals surface area contributed by atoms with Gasteiger partial charge in [0.2, 0.25) is 0 Å². The lowest BCUT2D eigenvalue weighted by atomic mass is 10.1. The molecule has 1 aliphatic rings. The summed E-state index contributed by atoms with van der Waals surface area (Å²) in [6.07, 6.45) is -4.37. The summed E-state index contributed by atoms with van der Waals surface area (Å²) in [5, 5.41) is -0.170. The van der Waals surface area contributed by atoms with Crippen LogP contribution in [0.4, 0.5) is 18.9 Å². The predicted octanol–water partition coefficient (Wildman–Crippen LogP) is 4.50. The van der Waals surface area contributed by atoms with Gasteiger partial charge in [0.25, 0.3) is 10.0 Å². The molecule has 3 rings (SSSR count). The van der Waals surface area contributed by atoms with Gasteiger partial charge in [0.15, 0.2) is 0 Å². The minimum absolute atomic E-state index is 0.170. The maximum atomic E-state index is 13.3. The molecule has 2 aromatic carbocycles.